The summed E-state index contributed by atoms with van der Waals surface area (Å²) in [7, 11) is 0. The number of benzene rings is 2. The van der Waals surface area contributed by atoms with Crippen LogP contribution in [-0.4, -0.2) is 43.7 Å². The Kier molecular flexibility index (Phi) is 6.80. The van der Waals surface area contributed by atoms with Gasteiger partial charge < -0.3 is 20.3 Å². The molecule has 1 fully saturated rings. The van der Waals surface area contributed by atoms with Gasteiger partial charge in [-0.1, -0.05) is 23.2 Å². The molecule has 162 valence electrons. The van der Waals surface area contributed by atoms with Crippen LogP contribution < -0.4 is 20.3 Å². The van der Waals surface area contributed by atoms with Crippen LogP contribution >= 0.6 is 23.2 Å². The Hall–Kier alpha value is -2.54. The minimum absolute atomic E-state index is 0.154. The standard InChI is InChI=1S/C23H24Cl2N4O2/c1-15-11-22(29-9-2-7-26-8-10-29)28-20-5-4-17(13-18(15)20)27-23(30)14-31-21-6-3-16(24)12-19(21)25/h3-6,11-13,26H,2,7-10,14H2,1H3,(H,27,30). The zero-order valence-electron chi connectivity index (χ0n) is 17.3. The van der Waals surface area contributed by atoms with Gasteiger partial charge in [0.1, 0.15) is 11.6 Å². The highest BCUT2D eigenvalue weighted by molar-refractivity contribution is 6.35. The molecule has 8 heteroatoms. The van der Waals surface area contributed by atoms with Crippen LogP contribution in [0.4, 0.5) is 11.5 Å². The molecule has 0 unspecified atom stereocenters. The molecule has 0 bridgehead atoms. The molecule has 1 aromatic heterocycles. The maximum atomic E-state index is 12.3. The first-order chi connectivity index (χ1) is 15.0. The molecule has 0 atom stereocenters. The molecule has 3 aromatic rings. The lowest BCUT2D eigenvalue weighted by Gasteiger charge is -2.22. The van der Waals surface area contributed by atoms with Crippen LogP contribution in [0, 0.1) is 6.92 Å². The second-order valence-electron chi connectivity index (χ2n) is 7.53. The van der Waals surface area contributed by atoms with E-state index in [2.05, 4.69) is 28.5 Å². The summed E-state index contributed by atoms with van der Waals surface area (Å²) in [6.45, 7) is 5.87. The first-order valence-corrected chi connectivity index (χ1v) is 11.0. The zero-order valence-corrected chi connectivity index (χ0v) is 18.8. The van der Waals surface area contributed by atoms with Crippen molar-refractivity contribution < 1.29 is 9.53 Å². The van der Waals surface area contributed by atoms with Crippen molar-refractivity contribution in [3.05, 3.63) is 58.1 Å². The van der Waals surface area contributed by atoms with E-state index in [1.807, 2.05) is 18.2 Å². The van der Waals surface area contributed by atoms with E-state index in [-0.39, 0.29) is 12.5 Å². The minimum Gasteiger partial charge on any atom is -0.482 e. The molecule has 1 saturated heterocycles. The molecule has 0 saturated carbocycles. The van der Waals surface area contributed by atoms with Crippen molar-refractivity contribution in [3.8, 4) is 5.75 Å². The number of nitrogens with zero attached hydrogens (tertiary/aromatic N) is 2. The summed E-state index contributed by atoms with van der Waals surface area (Å²) in [6.07, 6.45) is 1.10. The zero-order chi connectivity index (χ0) is 21.8. The molecular weight excluding hydrogens is 435 g/mol. The van der Waals surface area contributed by atoms with Crippen LogP contribution in [0.1, 0.15) is 12.0 Å². The number of carbonyl (C=O) groups excluding carboxylic acids is 1. The lowest BCUT2D eigenvalue weighted by molar-refractivity contribution is -0.118. The maximum absolute atomic E-state index is 12.3. The van der Waals surface area contributed by atoms with Crippen molar-refractivity contribution in [1.29, 1.82) is 0 Å². The number of pyridine rings is 1. The monoisotopic (exact) mass is 458 g/mol. The molecule has 1 amide bonds. The van der Waals surface area contributed by atoms with Gasteiger partial charge in [-0.15, -0.1) is 0 Å². The van der Waals surface area contributed by atoms with Gasteiger partial charge in [0, 0.05) is 35.7 Å². The van der Waals surface area contributed by atoms with Crippen molar-refractivity contribution in [2.75, 3.05) is 43.0 Å². The van der Waals surface area contributed by atoms with Gasteiger partial charge in [0.05, 0.1) is 10.5 Å². The van der Waals surface area contributed by atoms with Crippen molar-refractivity contribution in [1.82, 2.24) is 10.3 Å². The summed E-state index contributed by atoms with van der Waals surface area (Å²) >= 11 is 12.0. The van der Waals surface area contributed by atoms with E-state index in [4.69, 9.17) is 32.9 Å². The first kappa shape index (κ1) is 21.7. The summed E-state index contributed by atoms with van der Waals surface area (Å²) in [5, 5.41) is 8.17. The largest absolute Gasteiger partial charge is 0.482 e. The minimum atomic E-state index is -0.273. The smallest absolute Gasteiger partial charge is 0.262 e. The number of halogens is 2. The van der Waals surface area contributed by atoms with E-state index in [0.717, 1.165) is 54.9 Å². The highest BCUT2D eigenvalue weighted by Crippen LogP contribution is 2.28. The van der Waals surface area contributed by atoms with Crippen LogP contribution in [0.25, 0.3) is 10.9 Å². The third-order valence-electron chi connectivity index (χ3n) is 5.20. The summed E-state index contributed by atoms with van der Waals surface area (Å²) in [5.74, 6) is 1.14. The molecule has 0 radical (unpaired) electrons. The van der Waals surface area contributed by atoms with Gasteiger partial charge in [-0.25, -0.2) is 4.98 Å². The van der Waals surface area contributed by atoms with Crippen LogP contribution in [0.2, 0.25) is 10.0 Å². The summed E-state index contributed by atoms with van der Waals surface area (Å²) in [6, 6.07) is 12.7. The summed E-state index contributed by atoms with van der Waals surface area (Å²) in [5.41, 5.74) is 2.73. The van der Waals surface area contributed by atoms with E-state index in [0.29, 0.717) is 21.5 Å². The van der Waals surface area contributed by atoms with E-state index >= 15 is 0 Å². The number of rotatable bonds is 5. The van der Waals surface area contributed by atoms with E-state index in [9.17, 15) is 4.79 Å². The normalized spacial score (nSPS) is 14.4. The number of anilines is 2. The van der Waals surface area contributed by atoms with Crippen molar-refractivity contribution in [2.24, 2.45) is 0 Å². The number of amides is 1. The number of aromatic nitrogens is 1. The fourth-order valence-corrected chi connectivity index (χ4v) is 4.09. The summed E-state index contributed by atoms with van der Waals surface area (Å²) in [4.78, 5) is 19.5. The van der Waals surface area contributed by atoms with Gasteiger partial charge in [-0.2, -0.15) is 0 Å². The molecule has 0 spiro atoms. The van der Waals surface area contributed by atoms with Gasteiger partial charge in [0.15, 0.2) is 6.61 Å². The predicted octanol–water partition coefficient (Wildman–Crippen LogP) is 4.67. The SMILES string of the molecule is Cc1cc(N2CCCNCC2)nc2ccc(NC(=O)COc3ccc(Cl)cc3Cl)cc12. The van der Waals surface area contributed by atoms with Crippen LogP contribution in [0.5, 0.6) is 5.75 Å². The number of hydrogen-bond donors (Lipinski definition) is 2. The number of hydrogen-bond acceptors (Lipinski definition) is 5. The van der Waals surface area contributed by atoms with Crippen molar-refractivity contribution in [3.63, 3.8) is 0 Å². The quantitative estimate of drug-likeness (QED) is 0.581. The number of aryl methyl sites for hydroxylation is 1. The Labute approximate surface area is 191 Å². The Morgan fingerprint density at radius 2 is 2.03 bits per heavy atom. The van der Waals surface area contributed by atoms with Crippen LogP contribution in [0.3, 0.4) is 0 Å². The second kappa shape index (κ2) is 9.73. The Morgan fingerprint density at radius 3 is 2.87 bits per heavy atom. The van der Waals surface area contributed by atoms with Gasteiger partial charge in [0.2, 0.25) is 0 Å². The fourth-order valence-electron chi connectivity index (χ4n) is 3.62. The molecule has 4 rings (SSSR count). The molecule has 2 aromatic carbocycles. The summed E-state index contributed by atoms with van der Waals surface area (Å²) < 4.78 is 5.50. The maximum Gasteiger partial charge on any atom is 0.262 e. The first-order valence-electron chi connectivity index (χ1n) is 10.2. The average Bonchev–Trinajstić information content (AvgIpc) is 3.03. The van der Waals surface area contributed by atoms with Crippen LogP contribution in [0.15, 0.2) is 42.5 Å². The third kappa shape index (κ3) is 5.39. The molecule has 6 nitrogen and oxygen atoms in total. The van der Waals surface area contributed by atoms with E-state index in [1.54, 1.807) is 18.2 Å². The molecule has 2 N–H and O–H groups in total. The topological polar surface area (TPSA) is 66.5 Å². The Morgan fingerprint density at radius 1 is 1.16 bits per heavy atom. The third-order valence-corrected chi connectivity index (χ3v) is 5.73. The van der Waals surface area contributed by atoms with Crippen molar-refractivity contribution in [2.45, 2.75) is 13.3 Å². The van der Waals surface area contributed by atoms with Gasteiger partial charge in [-0.05, 0) is 67.9 Å². The predicted molar refractivity (Wildman–Crippen MR) is 127 cm³/mol. The highest BCUT2D eigenvalue weighted by Gasteiger charge is 2.14. The second-order valence-corrected chi connectivity index (χ2v) is 8.38. The van der Waals surface area contributed by atoms with Gasteiger partial charge in [0.25, 0.3) is 5.91 Å². The number of ether oxygens (including phenoxy) is 1. The van der Waals surface area contributed by atoms with Gasteiger partial charge in [-0.3, -0.25) is 4.79 Å². The fraction of sp³-hybridized carbons (Fsp3) is 0.304. The Bertz CT molecular complexity index is 1100. The Balaban J connectivity index is 1.45. The lowest BCUT2D eigenvalue weighted by atomic mass is 10.1. The average molecular weight is 459 g/mol. The number of fused-ring (bicyclic) bond motifs is 1. The van der Waals surface area contributed by atoms with Gasteiger partial charge >= 0.3 is 0 Å². The van der Waals surface area contributed by atoms with E-state index in [1.165, 1.54) is 0 Å². The van der Waals surface area contributed by atoms with Crippen molar-refractivity contribution >= 4 is 51.5 Å². The van der Waals surface area contributed by atoms with Crippen LogP contribution in [-0.2, 0) is 4.79 Å². The number of carbonyl (C=O) groups is 1. The molecule has 1 aliphatic rings. The van der Waals surface area contributed by atoms with E-state index < -0.39 is 0 Å². The molecule has 2 heterocycles. The molecule has 1 aliphatic heterocycles. The number of nitrogens with one attached hydrogen (secondary N) is 2. The molecular formula is C23H24Cl2N4O2. The molecule has 0 aliphatic carbocycles. The molecule has 31 heavy (non-hydrogen) atoms. The lowest BCUT2D eigenvalue weighted by Crippen LogP contribution is -2.28. The highest BCUT2D eigenvalue weighted by atomic mass is 35.5.